The summed E-state index contributed by atoms with van der Waals surface area (Å²) in [5.74, 6) is 0. The second-order valence-corrected chi connectivity index (χ2v) is 7.04. The van der Waals surface area contributed by atoms with Crippen LogP contribution in [0.5, 0.6) is 0 Å². The topological polar surface area (TPSA) is 44.5 Å². The molecule has 120 valence electrons. The van der Waals surface area contributed by atoms with Gasteiger partial charge in [-0.1, -0.05) is 6.92 Å². The fourth-order valence-corrected chi connectivity index (χ4v) is 3.68. The lowest BCUT2D eigenvalue weighted by Crippen LogP contribution is -2.33. The Labute approximate surface area is 136 Å². The van der Waals surface area contributed by atoms with Crippen molar-refractivity contribution < 1.29 is 5.11 Å². The molecule has 0 aliphatic carbocycles. The third-order valence-corrected chi connectivity index (χ3v) is 4.93. The van der Waals surface area contributed by atoms with Gasteiger partial charge in [-0.15, -0.1) is 0 Å². The number of aromatic nitrogens is 2. The van der Waals surface area contributed by atoms with Gasteiger partial charge in [-0.3, -0.25) is 4.68 Å². The van der Waals surface area contributed by atoms with Crippen molar-refractivity contribution in [1.82, 2.24) is 19.6 Å². The van der Waals surface area contributed by atoms with Crippen LogP contribution in [0.3, 0.4) is 0 Å². The molecular weight excluding hydrogens is 332 g/mol. The monoisotopic (exact) mass is 358 g/mol. The number of rotatable bonds is 5. The largest absolute Gasteiger partial charge is 0.383 e. The SMILES string of the molecule is CCN1CCCC(O)(c2c(Br)cnn2CCN(C)C)CC1. The number of hydrogen-bond donors (Lipinski definition) is 1. The summed E-state index contributed by atoms with van der Waals surface area (Å²) in [6, 6.07) is 0. The lowest BCUT2D eigenvalue weighted by Gasteiger charge is -2.28. The molecule has 0 spiro atoms. The van der Waals surface area contributed by atoms with Crippen LogP contribution in [0.2, 0.25) is 0 Å². The third kappa shape index (κ3) is 4.06. The normalized spacial score (nSPS) is 24.5. The summed E-state index contributed by atoms with van der Waals surface area (Å²) >= 11 is 3.58. The van der Waals surface area contributed by atoms with E-state index in [9.17, 15) is 5.11 Å². The number of likely N-dealkylation sites (N-methyl/N-ethyl adjacent to an activating group) is 1. The number of halogens is 1. The molecule has 6 heteroatoms. The van der Waals surface area contributed by atoms with Crippen molar-refractivity contribution in [3.05, 3.63) is 16.4 Å². The van der Waals surface area contributed by atoms with Gasteiger partial charge in [0.05, 0.1) is 22.9 Å². The first-order valence-corrected chi connectivity index (χ1v) is 8.57. The van der Waals surface area contributed by atoms with Crippen molar-refractivity contribution in [2.24, 2.45) is 0 Å². The molecule has 0 radical (unpaired) electrons. The van der Waals surface area contributed by atoms with E-state index in [4.69, 9.17) is 0 Å². The minimum atomic E-state index is -0.772. The van der Waals surface area contributed by atoms with Gasteiger partial charge in [-0.25, -0.2) is 0 Å². The van der Waals surface area contributed by atoms with Crippen molar-refractivity contribution in [3.63, 3.8) is 0 Å². The van der Waals surface area contributed by atoms with E-state index >= 15 is 0 Å². The molecule has 0 aromatic carbocycles. The van der Waals surface area contributed by atoms with Crippen LogP contribution in [0, 0.1) is 0 Å². The number of likely N-dealkylation sites (tertiary alicyclic amines) is 1. The number of aliphatic hydroxyl groups is 1. The van der Waals surface area contributed by atoms with Gasteiger partial charge >= 0.3 is 0 Å². The lowest BCUT2D eigenvalue weighted by molar-refractivity contribution is 0.0115. The fraction of sp³-hybridized carbons (Fsp3) is 0.800. The second kappa shape index (κ2) is 7.22. The van der Waals surface area contributed by atoms with E-state index in [-0.39, 0.29) is 0 Å². The number of nitrogens with zero attached hydrogens (tertiary/aromatic N) is 4. The molecule has 5 nitrogen and oxygen atoms in total. The van der Waals surface area contributed by atoms with Gasteiger partial charge < -0.3 is 14.9 Å². The molecule has 1 aliphatic rings. The highest BCUT2D eigenvalue weighted by Crippen LogP contribution is 2.36. The molecule has 1 atom stereocenters. The Balaban J connectivity index is 2.20. The molecule has 1 fully saturated rings. The predicted molar refractivity (Wildman–Crippen MR) is 88.3 cm³/mol. The second-order valence-electron chi connectivity index (χ2n) is 6.19. The average Bonchev–Trinajstić information content (AvgIpc) is 2.70. The van der Waals surface area contributed by atoms with Gasteiger partial charge in [0.15, 0.2) is 0 Å². The van der Waals surface area contributed by atoms with Crippen LogP contribution in [0.4, 0.5) is 0 Å². The van der Waals surface area contributed by atoms with Crippen molar-refractivity contribution >= 4 is 15.9 Å². The molecule has 1 aromatic heterocycles. The van der Waals surface area contributed by atoms with Crippen LogP contribution in [-0.2, 0) is 12.1 Å². The zero-order valence-electron chi connectivity index (χ0n) is 13.3. The first-order chi connectivity index (χ1) is 9.96. The van der Waals surface area contributed by atoms with E-state index in [0.717, 1.165) is 62.2 Å². The maximum atomic E-state index is 11.2. The van der Waals surface area contributed by atoms with E-state index < -0.39 is 5.60 Å². The van der Waals surface area contributed by atoms with Gasteiger partial charge in [-0.05, 0) is 62.4 Å². The van der Waals surface area contributed by atoms with Crippen LogP contribution in [0.25, 0.3) is 0 Å². The Morgan fingerprint density at radius 3 is 2.81 bits per heavy atom. The maximum Gasteiger partial charge on any atom is 0.109 e. The summed E-state index contributed by atoms with van der Waals surface area (Å²) in [4.78, 5) is 4.54. The molecule has 1 aliphatic heterocycles. The summed E-state index contributed by atoms with van der Waals surface area (Å²) in [6.07, 6.45) is 4.41. The third-order valence-electron chi connectivity index (χ3n) is 4.35. The predicted octanol–water partition coefficient (Wildman–Crippen LogP) is 1.90. The quantitative estimate of drug-likeness (QED) is 0.872. The van der Waals surface area contributed by atoms with Crippen LogP contribution in [-0.4, -0.2) is 65.0 Å². The van der Waals surface area contributed by atoms with Crippen molar-refractivity contribution in [2.75, 3.05) is 40.3 Å². The Morgan fingerprint density at radius 1 is 1.38 bits per heavy atom. The zero-order chi connectivity index (χ0) is 15.5. The minimum Gasteiger partial charge on any atom is -0.383 e. The Hall–Kier alpha value is -0.430. The molecule has 2 heterocycles. The number of hydrogen-bond acceptors (Lipinski definition) is 4. The summed E-state index contributed by atoms with van der Waals surface area (Å²) in [7, 11) is 4.11. The van der Waals surface area contributed by atoms with Crippen LogP contribution in [0.15, 0.2) is 10.7 Å². The summed E-state index contributed by atoms with van der Waals surface area (Å²) in [5.41, 5.74) is 0.174. The van der Waals surface area contributed by atoms with E-state index in [2.05, 4.69) is 51.8 Å². The van der Waals surface area contributed by atoms with Crippen molar-refractivity contribution in [3.8, 4) is 0 Å². The van der Waals surface area contributed by atoms with E-state index in [1.807, 2.05) is 10.9 Å². The summed E-state index contributed by atoms with van der Waals surface area (Å²) in [5, 5.41) is 15.7. The maximum absolute atomic E-state index is 11.2. The molecule has 1 N–H and O–H groups in total. The average molecular weight is 359 g/mol. The Bertz CT molecular complexity index is 463. The van der Waals surface area contributed by atoms with Gasteiger partial charge in [0.2, 0.25) is 0 Å². The molecule has 0 bridgehead atoms. The molecule has 1 unspecified atom stereocenters. The van der Waals surface area contributed by atoms with E-state index in [0.29, 0.717) is 0 Å². The molecule has 21 heavy (non-hydrogen) atoms. The van der Waals surface area contributed by atoms with E-state index in [1.165, 1.54) is 0 Å². The van der Waals surface area contributed by atoms with Crippen molar-refractivity contribution in [2.45, 2.75) is 38.3 Å². The molecule has 1 saturated heterocycles. The first-order valence-electron chi connectivity index (χ1n) is 7.77. The lowest BCUT2D eigenvalue weighted by atomic mass is 9.91. The molecule has 2 rings (SSSR count). The van der Waals surface area contributed by atoms with Crippen LogP contribution >= 0.6 is 15.9 Å². The zero-order valence-corrected chi connectivity index (χ0v) is 14.9. The summed E-state index contributed by atoms with van der Waals surface area (Å²) in [6.45, 7) is 6.96. The smallest absolute Gasteiger partial charge is 0.109 e. The van der Waals surface area contributed by atoms with Gasteiger partial charge in [-0.2, -0.15) is 5.10 Å². The highest BCUT2D eigenvalue weighted by molar-refractivity contribution is 9.10. The van der Waals surface area contributed by atoms with Crippen LogP contribution < -0.4 is 0 Å². The first kappa shape index (κ1) is 16.9. The van der Waals surface area contributed by atoms with E-state index in [1.54, 1.807) is 0 Å². The van der Waals surface area contributed by atoms with Crippen molar-refractivity contribution in [1.29, 1.82) is 0 Å². The van der Waals surface area contributed by atoms with Crippen LogP contribution in [0.1, 0.15) is 31.9 Å². The fourth-order valence-electron chi connectivity index (χ4n) is 3.02. The van der Waals surface area contributed by atoms with Gasteiger partial charge in [0, 0.05) is 13.1 Å². The highest BCUT2D eigenvalue weighted by atomic mass is 79.9. The highest BCUT2D eigenvalue weighted by Gasteiger charge is 2.36. The van der Waals surface area contributed by atoms with Gasteiger partial charge in [0.25, 0.3) is 0 Å². The molecule has 0 saturated carbocycles. The standard InChI is InChI=1S/C15H27BrN4O/c1-4-19-8-5-6-15(21,7-9-19)14-13(16)12-17-20(14)11-10-18(2)3/h12,21H,4-11H2,1-3H3. The summed E-state index contributed by atoms with van der Waals surface area (Å²) < 4.78 is 2.89. The molecule has 1 aromatic rings. The minimum absolute atomic E-state index is 0.771. The molecular formula is C15H27BrN4O. The molecule has 0 amide bonds. The Morgan fingerprint density at radius 2 is 2.14 bits per heavy atom. The van der Waals surface area contributed by atoms with Gasteiger partial charge in [0.1, 0.15) is 5.60 Å². The Kier molecular flexibility index (Phi) is 5.82.